The predicted octanol–water partition coefficient (Wildman–Crippen LogP) is 3.07. The Bertz CT molecular complexity index is 1090. The standard InChI is InChI=1S/C25H35N7O/c1-18-8-7-9-21(16-18)32-14-12-31(13-15-32)11-6-5-10-26-25(33)23-17-22(27-28-23)24-19(2)29-30(4)20(24)3/h7-9,16-17H,5-6,10-15H2,1-4H3,(H,26,33)(H,27,28). The molecular weight excluding hydrogens is 414 g/mol. The lowest BCUT2D eigenvalue weighted by Gasteiger charge is -2.36. The summed E-state index contributed by atoms with van der Waals surface area (Å²) >= 11 is 0. The maximum absolute atomic E-state index is 12.5. The van der Waals surface area contributed by atoms with Crippen molar-refractivity contribution in [2.75, 3.05) is 44.2 Å². The van der Waals surface area contributed by atoms with E-state index in [2.05, 4.69) is 61.6 Å². The van der Waals surface area contributed by atoms with E-state index in [9.17, 15) is 4.79 Å². The minimum Gasteiger partial charge on any atom is -0.369 e. The SMILES string of the molecule is Cc1cccc(N2CCN(CCCCNC(=O)c3cc(-c4c(C)nn(C)c4C)n[nH]3)CC2)c1. The predicted molar refractivity (Wildman–Crippen MR) is 132 cm³/mol. The number of benzene rings is 1. The molecule has 1 saturated heterocycles. The van der Waals surface area contributed by atoms with Gasteiger partial charge in [0.25, 0.3) is 5.91 Å². The van der Waals surface area contributed by atoms with Gasteiger partial charge in [-0.25, -0.2) is 0 Å². The highest BCUT2D eigenvalue weighted by Gasteiger charge is 2.18. The van der Waals surface area contributed by atoms with E-state index in [0.29, 0.717) is 12.2 Å². The lowest BCUT2D eigenvalue weighted by Crippen LogP contribution is -2.46. The third kappa shape index (κ3) is 5.45. The van der Waals surface area contributed by atoms with Crippen molar-refractivity contribution in [3.8, 4) is 11.3 Å². The van der Waals surface area contributed by atoms with E-state index in [0.717, 1.165) is 68.2 Å². The van der Waals surface area contributed by atoms with Gasteiger partial charge in [-0.1, -0.05) is 12.1 Å². The maximum Gasteiger partial charge on any atom is 0.269 e. The van der Waals surface area contributed by atoms with Crippen LogP contribution in [0.4, 0.5) is 5.69 Å². The fourth-order valence-corrected chi connectivity index (χ4v) is 4.52. The topological polar surface area (TPSA) is 82.1 Å². The number of rotatable bonds is 8. The van der Waals surface area contributed by atoms with E-state index in [4.69, 9.17) is 0 Å². The van der Waals surface area contributed by atoms with E-state index < -0.39 is 0 Å². The second-order valence-electron chi connectivity index (χ2n) is 8.97. The van der Waals surface area contributed by atoms with Crippen molar-refractivity contribution >= 4 is 11.6 Å². The Morgan fingerprint density at radius 3 is 2.58 bits per heavy atom. The molecule has 176 valence electrons. The third-order valence-electron chi connectivity index (χ3n) is 6.51. The summed E-state index contributed by atoms with van der Waals surface area (Å²) in [5, 5.41) is 14.6. The van der Waals surface area contributed by atoms with Gasteiger partial charge < -0.3 is 10.2 Å². The largest absolute Gasteiger partial charge is 0.369 e. The molecule has 0 radical (unpaired) electrons. The van der Waals surface area contributed by atoms with Crippen molar-refractivity contribution in [2.24, 2.45) is 7.05 Å². The van der Waals surface area contributed by atoms with Gasteiger partial charge in [-0.3, -0.25) is 19.5 Å². The fraction of sp³-hybridized carbons (Fsp3) is 0.480. The average Bonchev–Trinajstić information content (AvgIpc) is 3.38. The molecule has 2 aromatic heterocycles. The molecule has 0 aliphatic carbocycles. The summed E-state index contributed by atoms with van der Waals surface area (Å²) in [6.45, 7) is 12.2. The van der Waals surface area contributed by atoms with Crippen LogP contribution >= 0.6 is 0 Å². The van der Waals surface area contributed by atoms with Crippen molar-refractivity contribution in [2.45, 2.75) is 33.6 Å². The van der Waals surface area contributed by atoms with Crippen LogP contribution in [0, 0.1) is 20.8 Å². The Morgan fingerprint density at radius 1 is 1.09 bits per heavy atom. The molecule has 0 atom stereocenters. The first-order chi connectivity index (χ1) is 15.9. The number of unbranched alkanes of at least 4 members (excludes halogenated alkanes) is 1. The van der Waals surface area contributed by atoms with Crippen molar-refractivity contribution in [3.05, 3.63) is 53.0 Å². The van der Waals surface area contributed by atoms with Gasteiger partial charge >= 0.3 is 0 Å². The molecule has 1 amide bonds. The molecule has 2 N–H and O–H groups in total. The summed E-state index contributed by atoms with van der Waals surface area (Å²) in [4.78, 5) is 17.5. The van der Waals surface area contributed by atoms with E-state index in [1.165, 1.54) is 11.3 Å². The molecule has 4 rings (SSSR count). The number of nitrogens with one attached hydrogen (secondary N) is 2. The molecule has 8 nitrogen and oxygen atoms in total. The Morgan fingerprint density at radius 2 is 1.88 bits per heavy atom. The molecule has 0 bridgehead atoms. The van der Waals surface area contributed by atoms with Gasteiger partial charge in [0.15, 0.2) is 0 Å². The van der Waals surface area contributed by atoms with Crippen LogP contribution in [-0.2, 0) is 7.05 Å². The third-order valence-corrected chi connectivity index (χ3v) is 6.51. The molecule has 1 aliphatic heterocycles. The molecule has 0 spiro atoms. The number of hydrogen-bond donors (Lipinski definition) is 2. The van der Waals surface area contributed by atoms with Crippen LogP contribution in [0.2, 0.25) is 0 Å². The normalized spacial score (nSPS) is 14.6. The Hall–Kier alpha value is -3.13. The zero-order chi connectivity index (χ0) is 23.4. The molecule has 33 heavy (non-hydrogen) atoms. The number of amides is 1. The van der Waals surface area contributed by atoms with Crippen molar-refractivity contribution in [1.82, 2.24) is 30.2 Å². The Balaban J connectivity index is 1.16. The molecule has 1 aromatic carbocycles. The monoisotopic (exact) mass is 449 g/mol. The summed E-state index contributed by atoms with van der Waals surface area (Å²) in [5.41, 5.74) is 6.81. The number of aromatic nitrogens is 4. The van der Waals surface area contributed by atoms with Crippen LogP contribution in [0.1, 0.15) is 40.3 Å². The molecule has 0 saturated carbocycles. The highest BCUT2D eigenvalue weighted by atomic mass is 16.1. The van der Waals surface area contributed by atoms with E-state index in [1.807, 2.05) is 25.6 Å². The van der Waals surface area contributed by atoms with Gasteiger partial charge in [0.2, 0.25) is 0 Å². The number of carbonyl (C=O) groups is 1. The van der Waals surface area contributed by atoms with E-state index in [1.54, 1.807) is 6.07 Å². The van der Waals surface area contributed by atoms with Crippen LogP contribution in [-0.4, -0.2) is 70.1 Å². The summed E-state index contributed by atoms with van der Waals surface area (Å²) in [6, 6.07) is 10.6. The van der Waals surface area contributed by atoms with Gasteiger partial charge in [-0.05, 0) is 63.9 Å². The number of piperazine rings is 1. The molecule has 3 heterocycles. The molecule has 3 aromatic rings. The Labute approximate surface area is 196 Å². The van der Waals surface area contributed by atoms with E-state index in [-0.39, 0.29) is 5.91 Å². The lowest BCUT2D eigenvalue weighted by atomic mass is 10.1. The number of nitrogens with zero attached hydrogens (tertiary/aromatic N) is 5. The van der Waals surface area contributed by atoms with Gasteiger partial charge in [0, 0.05) is 56.7 Å². The van der Waals surface area contributed by atoms with Crippen LogP contribution in [0.5, 0.6) is 0 Å². The number of aryl methyl sites for hydroxylation is 3. The first kappa shape index (κ1) is 23.0. The van der Waals surface area contributed by atoms with Gasteiger partial charge in [-0.2, -0.15) is 10.2 Å². The second kappa shape index (κ2) is 10.2. The highest BCUT2D eigenvalue weighted by molar-refractivity contribution is 5.93. The number of anilines is 1. The van der Waals surface area contributed by atoms with Gasteiger partial charge in [0.1, 0.15) is 5.69 Å². The molecule has 1 fully saturated rings. The zero-order valence-corrected chi connectivity index (χ0v) is 20.2. The quantitative estimate of drug-likeness (QED) is 0.517. The molecule has 8 heteroatoms. The number of hydrogen-bond acceptors (Lipinski definition) is 5. The fourth-order valence-electron chi connectivity index (χ4n) is 4.52. The van der Waals surface area contributed by atoms with Crippen molar-refractivity contribution < 1.29 is 4.79 Å². The summed E-state index contributed by atoms with van der Waals surface area (Å²) in [7, 11) is 1.91. The summed E-state index contributed by atoms with van der Waals surface area (Å²) in [6.07, 6.45) is 2.04. The van der Waals surface area contributed by atoms with Crippen LogP contribution in [0.3, 0.4) is 0 Å². The number of aromatic amines is 1. The first-order valence-corrected chi connectivity index (χ1v) is 11.8. The Kier molecular flexibility index (Phi) is 7.13. The molecular formula is C25H35N7O. The number of H-pyrrole nitrogens is 1. The average molecular weight is 450 g/mol. The van der Waals surface area contributed by atoms with Crippen molar-refractivity contribution in [1.29, 1.82) is 0 Å². The van der Waals surface area contributed by atoms with Gasteiger partial charge in [-0.15, -0.1) is 0 Å². The first-order valence-electron chi connectivity index (χ1n) is 11.8. The van der Waals surface area contributed by atoms with Crippen LogP contribution in [0.25, 0.3) is 11.3 Å². The summed E-state index contributed by atoms with van der Waals surface area (Å²) < 4.78 is 1.83. The van der Waals surface area contributed by atoms with Crippen LogP contribution < -0.4 is 10.2 Å². The minimum atomic E-state index is -0.111. The highest BCUT2D eigenvalue weighted by Crippen LogP contribution is 2.25. The van der Waals surface area contributed by atoms with Crippen molar-refractivity contribution in [3.63, 3.8) is 0 Å². The second-order valence-corrected chi connectivity index (χ2v) is 8.97. The van der Waals surface area contributed by atoms with E-state index >= 15 is 0 Å². The van der Waals surface area contributed by atoms with Crippen LogP contribution in [0.15, 0.2) is 30.3 Å². The zero-order valence-electron chi connectivity index (χ0n) is 20.2. The summed E-state index contributed by atoms with van der Waals surface area (Å²) in [5.74, 6) is -0.111. The number of carbonyl (C=O) groups excluding carboxylic acids is 1. The maximum atomic E-state index is 12.5. The smallest absolute Gasteiger partial charge is 0.269 e. The molecule has 0 unspecified atom stereocenters. The molecule has 1 aliphatic rings. The lowest BCUT2D eigenvalue weighted by molar-refractivity contribution is 0.0947. The van der Waals surface area contributed by atoms with Gasteiger partial charge in [0.05, 0.1) is 11.4 Å². The minimum absolute atomic E-state index is 0.111.